The Labute approximate surface area is 249 Å². The number of carbonyl (C=O) groups is 2. The molecule has 0 bridgehead atoms. The molecule has 0 spiro atoms. The van der Waals surface area contributed by atoms with Crippen molar-refractivity contribution in [2.24, 2.45) is 5.73 Å². The fourth-order valence-electron chi connectivity index (χ4n) is 5.45. The summed E-state index contributed by atoms with van der Waals surface area (Å²) in [6.45, 7) is 9.19. The fraction of sp³-hybridized carbons (Fsp3) is 0.406. The number of fused-ring (bicyclic) bond motifs is 1. The lowest BCUT2D eigenvalue weighted by molar-refractivity contribution is -0.260. The lowest BCUT2D eigenvalue weighted by atomic mass is 9.84. The number of anilines is 1. The molecular weight excluding hydrogens is 556 g/mol. The highest BCUT2D eigenvalue weighted by atomic mass is 16.6. The number of phenolic OH excluding ortho intramolecular Hbond substituents is 1. The summed E-state index contributed by atoms with van der Waals surface area (Å²) < 4.78 is 22.5. The summed E-state index contributed by atoms with van der Waals surface area (Å²) in [7, 11) is 1.43. The number of aliphatic hydroxyl groups is 1. The minimum absolute atomic E-state index is 0.0339. The van der Waals surface area contributed by atoms with Crippen molar-refractivity contribution in [3.8, 4) is 5.75 Å². The molecule has 1 aliphatic rings. The van der Waals surface area contributed by atoms with Gasteiger partial charge in [0, 0.05) is 24.5 Å². The monoisotopic (exact) mass is 594 g/mol. The first-order valence-corrected chi connectivity index (χ1v) is 13.9. The van der Waals surface area contributed by atoms with Gasteiger partial charge in [0.1, 0.15) is 29.2 Å². The molecule has 1 aromatic heterocycles. The van der Waals surface area contributed by atoms with Crippen LogP contribution in [0.4, 0.5) is 10.5 Å². The standard InChI is InChI=1S/C32H38N2O9/c1-16(2)7-8-19-13-21(11-12-23(19)35)29(37)34-22-14-20-10-9-18(17(3)26(20)41-30(22)38)15-24-25(36)27(42-31(33)39)28(40-6)32(4,5)43-24/h7,9-14,24-25,27-28,35-36H,8,15H2,1-6H3,(H2,33,39)(H,34,37)/t24-,25+,27?,28+/m0/s1. The van der Waals surface area contributed by atoms with E-state index in [2.05, 4.69) is 5.32 Å². The lowest BCUT2D eigenvalue weighted by Crippen LogP contribution is -2.64. The van der Waals surface area contributed by atoms with Gasteiger partial charge in [0.15, 0.2) is 6.10 Å². The molecule has 4 rings (SSSR count). The molecule has 230 valence electrons. The molecule has 1 fully saturated rings. The second-order valence-electron chi connectivity index (χ2n) is 11.5. The van der Waals surface area contributed by atoms with E-state index >= 15 is 0 Å². The molecule has 0 aliphatic carbocycles. The predicted octanol–water partition coefficient (Wildman–Crippen LogP) is 4.13. The highest BCUT2D eigenvalue weighted by Crippen LogP contribution is 2.35. The van der Waals surface area contributed by atoms with Gasteiger partial charge in [-0.1, -0.05) is 23.8 Å². The Bertz CT molecular complexity index is 1620. The number of allylic oxidation sites excluding steroid dienone is 2. The molecule has 43 heavy (non-hydrogen) atoms. The van der Waals surface area contributed by atoms with Gasteiger partial charge < -0.3 is 39.9 Å². The van der Waals surface area contributed by atoms with Gasteiger partial charge in [-0.3, -0.25) is 4.79 Å². The number of ether oxygens (including phenoxy) is 3. The summed E-state index contributed by atoms with van der Waals surface area (Å²) in [6, 6.07) is 9.60. The Hall–Kier alpha value is -4.19. The molecule has 1 aliphatic heterocycles. The number of aliphatic hydroxyl groups excluding tert-OH is 1. The molecule has 4 atom stereocenters. The third kappa shape index (κ3) is 6.90. The van der Waals surface area contributed by atoms with Crippen LogP contribution in [0.25, 0.3) is 11.0 Å². The zero-order valence-electron chi connectivity index (χ0n) is 25.1. The van der Waals surface area contributed by atoms with Crippen LogP contribution < -0.4 is 16.7 Å². The summed E-state index contributed by atoms with van der Waals surface area (Å²) in [4.78, 5) is 37.5. The average molecular weight is 595 g/mol. The fourth-order valence-corrected chi connectivity index (χ4v) is 5.45. The minimum atomic E-state index is -1.24. The largest absolute Gasteiger partial charge is 0.508 e. The molecule has 2 aromatic carbocycles. The van der Waals surface area contributed by atoms with E-state index in [0.29, 0.717) is 28.5 Å². The van der Waals surface area contributed by atoms with Crippen molar-refractivity contribution in [2.75, 3.05) is 12.4 Å². The first kappa shape index (κ1) is 31.7. The number of amides is 2. The number of rotatable bonds is 8. The topological polar surface area (TPSA) is 171 Å². The van der Waals surface area contributed by atoms with E-state index in [1.807, 2.05) is 26.0 Å². The number of aromatic hydroxyl groups is 1. The van der Waals surface area contributed by atoms with Gasteiger partial charge in [-0.2, -0.15) is 0 Å². The molecule has 5 N–H and O–H groups in total. The van der Waals surface area contributed by atoms with Crippen LogP contribution in [0.3, 0.4) is 0 Å². The number of hydrogen-bond donors (Lipinski definition) is 4. The molecule has 2 heterocycles. The van der Waals surface area contributed by atoms with Crippen LogP contribution in [0.1, 0.15) is 54.7 Å². The third-order valence-corrected chi connectivity index (χ3v) is 7.67. The molecule has 0 radical (unpaired) electrons. The van der Waals surface area contributed by atoms with Gasteiger partial charge in [-0.05, 0) is 82.0 Å². The van der Waals surface area contributed by atoms with Crippen LogP contribution in [-0.4, -0.2) is 59.3 Å². The van der Waals surface area contributed by atoms with Crippen LogP contribution in [0.5, 0.6) is 5.75 Å². The number of primary amides is 1. The van der Waals surface area contributed by atoms with Crippen molar-refractivity contribution >= 4 is 28.7 Å². The first-order chi connectivity index (χ1) is 20.2. The number of hydrogen-bond acceptors (Lipinski definition) is 9. The van der Waals surface area contributed by atoms with E-state index in [0.717, 1.165) is 11.1 Å². The highest BCUT2D eigenvalue weighted by molar-refractivity contribution is 6.05. The van der Waals surface area contributed by atoms with E-state index in [1.165, 1.54) is 25.3 Å². The second kappa shape index (κ2) is 12.6. The van der Waals surface area contributed by atoms with Gasteiger partial charge in [0.25, 0.3) is 5.91 Å². The Morgan fingerprint density at radius 2 is 1.86 bits per heavy atom. The highest BCUT2D eigenvalue weighted by Gasteiger charge is 2.51. The summed E-state index contributed by atoms with van der Waals surface area (Å²) in [5.41, 5.74) is 7.19. The Balaban J connectivity index is 1.58. The van der Waals surface area contributed by atoms with Crippen LogP contribution in [0.2, 0.25) is 0 Å². The number of aryl methyl sites for hydroxylation is 1. The van der Waals surface area contributed by atoms with E-state index in [4.69, 9.17) is 24.4 Å². The van der Waals surface area contributed by atoms with Crippen LogP contribution in [-0.2, 0) is 27.1 Å². The lowest BCUT2D eigenvalue weighted by Gasteiger charge is -2.48. The smallest absolute Gasteiger partial charge is 0.404 e. The molecule has 1 unspecified atom stereocenters. The van der Waals surface area contributed by atoms with Gasteiger partial charge in [-0.25, -0.2) is 9.59 Å². The second-order valence-corrected chi connectivity index (χ2v) is 11.5. The number of carbonyl (C=O) groups excluding carboxylic acids is 2. The number of methoxy groups -OCH3 is 1. The Morgan fingerprint density at radius 3 is 2.51 bits per heavy atom. The van der Waals surface area contributed by atoms with Crippen LogP contribution in [0.15, 0.2) is 57.3 Å². The maximum Gasteiger partial charge on any atom is 0.404 e. The maximum atomic E-state index is 13.0. The van der Waals surface area contributed by atoms with Crippen LogP contribution in [0, 0.1) is 6.92 Å². The molecular formula is C32H38N2O9. The third-order valence-electron chi connectivity index (χ3n) is 7.67. The molecule has 2 amide bonds. The van der Waals surface area contributed by atoms with Crippen LogP contribution >= 0.6 is 0 Å². The molecule has 11 nitrogen and oxygen atoms in total. The van der Waals surface area contributed by atoms with Crippen molar-refractivity contribution in [1.29, 1.82) is 0 Å². The Morgan fingerprint density at radius 1 is 1.14 bits per heavy atom. The van der Waals surface area contributed by atoms with E-state index in [9.17, 15) is 24.6 Å². The summed E-state index contributed by atoms with van der Waals surface area (Å²) in [6.07, 6.45) is -2.29. The van der Waals surface area contributed by atoms with E-state index in [1.54, 1.807) is 32.9 Å². The normalized spacial score (nSPS) is 21.3. The van der Waals surface area contributed by atoms with Gasteiger partial charge in [0.05, 0.1) is 11.7 Å². The predicted molar refractivity (Wildman–Crippen MR) is 160 cm³/mol. The van der Waals surface area contributed by atoms with Gasteiger partial charge in [0.2, 0.25) is 0 Å². The zero-order valence-corrected chi connectivity index (χ0v) is 25.1. The zero-order chi connectivity index (χ0) is 31.6. The van der Waals surface area contributed by atoms with Crippen molar-refractivity contribution in [2.45, 2.75) is 77.5 Å². The van der Waals surface area contributed by atoms with Crippen molar-refractivity contribution < 1.29 is 38.4 Å². The summed E-state index contributed by atoms with van der Waals surface area (Å²) >= 11 is 0. The first-order valence-electron chi connectivity index (χ1n) is 13.9. The quantitative estimate of drug-likeness (QED) is 0.221. The van der Waals surface area contributed by atoms with Gasteiger partial charge in [-0.15, -0.1) is 0 Å². The minimum Gasteiger partial charge on any atom is -0.508 e. The molecule has 0 saturated carbocycles. The molecule has 11 heteroatoms. The Kier molecular flexibility index (Phi) is 9.29. The summed E-state index contributed by atoms with van der Waals surface area (Å²) in [5, 5.41) is 24.4. The van der Waals surface area contributed by atoms with Gasteiger partial charge >= 0.3 is 11.7 Å². The van der Waals surface area contributed by atoms with E-state index < -0.39 is 47.6 Å². The average Bonchev–Trinajstić information content (AvgIpc) is 2.92. The summed E-state index contributed by atoms with van der Waals surface area (Å²) in [5.74, 6) is -0.443. The van der Waals surface area contributed by atoms with Crippen molar-refractivity contribution in [3.05, 3.63) is 80.7 Å². The van der Waals surface area contributed by atoms with E-state index in [-0.39, 0.29) is 23.4 Å². The van der Waals surface area contributed by atoms with Crippen molar-refractivity contribution in [1.82, 2.24) is 0 Å². The molecule has 3 aromatic rings. The maximum absolute atomic E-state index is 13.0. The SMILES string of the molecule is CO[C@@H]1C(OC(N)=O)[C@H](O)[C@H](Cc2ccc3cc(NC(=O)c4ccc(O)c(CC=C(C)C)c4)c(=O)oc3c2C)OC1(C)C. The number of benzene rings is 2. The number of phenols is 1. The number of nitrogens with one attached hydrogen (secondary N) is 1. The number of nitrogens with two attached hydrogens (primary N) is 1. The molecule has 1 saturated heterocycles. The van der Waals surface area contributed by atoms with Crippen molar-refractivity contribution in [3.63, 3.8) is 0 Å².